The van der Waals surface area contributed by atoms with E-state index in [1.807, 2.05) is 0 Å². The molecule has 0 amide bonds. The van der Waals surface area contributed by atoms with E-state index in [1.165, 1.54) is 51.5 Å². The molecular formula is C15H30N2O. The second-order valence-corrected chi connectivity index (χ2v) is 6.38. The van der Waals surface area contributed by atoms with Crippen LogP contribution < -0.4 is 5.32 Å². The Balaban J connectivity index is 1.58. The van der Waals surface area contributed by atoms with Crippen molar-refractivity contribution in [1.82, 2.24) is 10.2 Å². The molecule has 0 saturated heterocycles. The Kier molecular flexibility index (Phi) is 5.93. The lowest BCUT2D eigenvalue weighted by atomic mass is 9.89. The lowest BCUT2D eigenvalue weighted by Crippen LogP contribution is -2.38. The molecule has 1 unspecified atom stereocenters. The van der Waals surface area contributed by atoms with Crippen LogP contribution in [0.1, 0.15) is 51.4 Å². The van der Waals surface area contributed by atoms with Gasteiger partial charge in [0, 0.05) is 18.6 Å². The first-order chi connectivity index (χ1) is 8.78. The summed E-state index contributed by atoms with van der Waals surface area (Å²) >= 11 is 0. The first-order valence-corrected chi connectivity index (χ1v) is 7.83. The van der Waals surface area contributed by atoms with E-state index in [1.54, 1.807) is 0 Å². The summed E-state index contributed by atoms with van der Waals surface area (Å²) < 4.78 is 0. The predicted octanol–water partition coefficient (Wildman–Crippen LogP) is 2.00. The van der Waals surface area contributed by atoms with Gasteiger partial charge in [0.2, 0.25) is 0 Å². The number of rotatable bonds is 8. The zero-order chi connectivity index (χ0) is 12.8. The average Bonchev–Trinajstić information content (AvgIpc) is 3.19. The fraction of sp³-hybridized carbons (Fsp3) is 1.00. The number of hydrogen-bond acceptors (Lipinski definition) is 3. The Hall–Kier alpha value is -0.120. The van der Waals surface area contributed by atoms with Crippen molar-refractivity contribution in [3.8, 4) is 0 Å². The Bertz CT molecular complexity index is 225. The molecule has 0 bridgehead atoms. The van der Waals surface area contributed by atoms with Crippen LogP contribution in [-0.2, 0) is 0 Å². The van der Waals surface area contributed by atoms with E-state index < -0.39 is 0 Å². The van der Waals surface area contributed by atoms with E-state index in [0.717, 1.165) is 18.9 Å². The molecule has 2 fully saturated rings. The highest BCUT2D eigenvalue weighted by atomic mass is 16.3. The van der Waals surface area contributed by atoms with Gasteiger partial charge >= 0.3 is 0 Å². The van der Waals surface area contributed by atoms with Crippen LogP contribution in [-0.4, -0.2) is 48.8 Å². The highest BCUT2D eigenvalue weighted by Crippen LogP contribution is 2.24. The van der Waals surface area contributed by atoms with Crippen LogP contribution in [0.15, 0.2) is 0 Å². The molecule has 0 aromatic heterocycles. The lowest BCUT2D eigenvalue weighted by Gasteiger charge is -2.28. The second kappa shape index (κ2) is 7.46. The first-order valence-electron chi connectivity index (χ1n) is 7.83. The summed E-state index contributed by atoms with van der Waals surface area (Å²) in [5.74, 6) is 0.924. The quantitative estimate of drug-likeness (QED) is 0.695. The van der Waals surface area contributed by atoms with Crippen molar-refractivity contribution >= 4 is 0 Å². The summed E-state index contributed by atoms with van der Waals surface area (Å²) in [6, 6.07) is 1.01. The Morgan fingerprint density at radius 1 is 1.17 bits per heavy atom. The van der Waals surface area contributed by atoms with E-state index in [0.29, 0.717) is 12.1 Å². The molecule has 106 valence electrons. The molecule has 0 spiro atoms. The standard InChI is InChI=1S/C15H30N2O/c1-17(11-13-5-3-2-4-6-13)10-9-15(12-18)16-14-7-8-14/h13-16,18H,2-12H2,1H3. The van der Waals surface area contributed by atoms with E-state index in [4.69, 9.17) is 0 Å². The van der Waals surface area contributed by atoms with Crippen LogP contribution in [0.25, 0.3) is 0 Å². The topological polar surface area (TPSA) is 35.5 Å². The third-order valence-corrected chi connectivity index (χ3v) is 4.42. The first kappa shape index (κ1) is 14.3. The van der Waals surface area contributed by atoms with Crippen molar-refractivity contribution in [3.05, 3.63) is 0 Å². The van der Waals surface area contributed by atoms with E-state index in [-0.39, 0.29) is 6.61 Å². The van der Waals surface area contributed by atoms with Crippen molar-refractivity contribution in [1.29, 1.82) is 0 Å². The highest BCUT2D eigenvalue weighted by molar-refractivity contribution is 4.85. The number of nitrogens with zero attached hydrogens (tertiary/aromatic N) is 1. The van der Waals surface area contributed by atoms with Gasteiger partial charge in [0.05, 0.1) is 6.61 Å². The van der Waals surface area contributed by atoms with E-state index >= 15 is 0 Å². The lowest BCUT2D eigenvalue weighted by molar-refractivity contribution is 0.196. The minimum Gasteiger partial charge on any atom is -0.395 e. The van der Waals surface area contributed by atoms with Gasteiger partial charge in [0.25, 0.3) is 0 Å². The Labute approximate surface area is 112 Å². The average molecular weight is 254 g/mol. The Morgan fingerprint density at radius 2 is 1.89 bits per heavy atom. The number of aliphatic hydroxyl groups is 1. The third kappa shape index (κ3) is 5.25. The van der Waals surface area contributed by atoms with Gasteiger partial charge in [-0.05, 0) is 51.6 Å². The number of hydrogen-bond donors (Lipinski definition) is 2. The second-order valence-electron chi connectivity index (χ2n) is 6.38. The molecule has 3 nitrogen and oxygen atoms in total. The summed E-state index contributed by atoms with van der Waals surface area (Å²) in [7, 11) is 2.24. The van der Waals surface area contributed by atoms with Gasteiger partial charge in [0.1, 0.15) is 0 Å². The van der Waals surface area contributed by atoms with Crippen LogP contribution in [0.5, 0.6) is 0 Å². The van der Waals surface area contributed by atoms with Gasteiger partial charge < -0.3 is 15.3 Å². The SMILES string of the molecule is CN(CCC(CO)NC1CC1)CC1CCCCC1. The number of aliphatic hydroxyl groups excluding tert-OH is 1. The van der Waals surface area contributed by atoms with Crippen molar-refractivity contribution in [2.24, 2.45) is 5.92 Å². The molecule has 2 aliphatic rings. The zero-order valence-corrected chi connectivity index (χ0v) is 11.9. The fourth-order valence-corrected chi connectivity index (χ4v) is 3.09. The summed E-state index contributed by atoms with van der Waals surface area (Å²) in [6.45, 7) is 2.65. The van der Waals surface area contributed by atoms with Crippen molar-refractivity contribution in [2.75, 3.05) is 26.7 Å². The van der Waals surface area contributed by atoms with Gasteiger partial charge in [0.15, 0.2) is 0 Å². The molecular weight excluding hydrogens is 224 g/mol. The maximum absolute atomic E-state index is 9.36. The molecule has 2 saturated carbocycles. The van der Waals surface area contributed by atoms with Gasteiger partial charge in [-0.2, -0.15) is 0 Å². The summed E-state index contributed by atoms with van der Waals surface area (Å²) in [5, 5.41) is 12.9. The molecule has 0 aromatic rings. The van der Waals surface area contributed by atoms with Crippen LogP contribution in [0.4, 0.5) is 0 Å². The summed E-state index contributed by atoms with van der Waals surface area (Å²) in [4.78, 5) is 2.47. The van der Waals surface area contributed by atoms with Gasteiger partial charge in [-0.15, -0.1) is 0 Å². The van der Waals surface area contributed by atoms with Gasteiger partial charge in [-0.3, -0.25) is 0 Å². The molecule has 0 heterocycles. The molecule has 2 N–H and O–H groups in total. The van der Waals surface area contributed by atoms with Gasteiger partial charge in [-0.1, -0.05) is 19.3 Å². The third-order valence-electron chi connectivity index (χ3n) is 4.42. The molecule has 1 atom stereocenters. The van der Waals surface area contributed by atoms with Crippen LogP contribution in [0.3, 0.4) is 0 Å². The van der Waals surface area contributed by atoms with Crippen molar-refractivity contribution < 1.29 is 5.11 Å². The largest absolute Gasteiger partial charge is 0.395 e. The minimum absolute atomic E-state index is 0.285. The molecule has 0 aliphatic heterocycles. The highest BCUT2D eigenvalue weighted by Gasteiger charge is 2.24. The maximum Gasteiger partial charge on any atom is 0.0585 e. The van der Waals surface area contributed by atoms with E-state index in [2.05, 4.69) is 17.3 Å². The van der Waals surface area contributed by atoms with Gasteiger partial charge in [-0.25, -0.2) is 0 Å². The van der Waals surface area contributed by atoms with Crippen LogP contribution >= 0.6 is 0 Å². The molecule has 3 heteroatoms. The fourth-order valence-electron chi connectivity index (χ4n) is 3.09. The van der Waals surface area contributed by atoms with Crippen LogP contribution in [0, 0.1) is 5.92 Å². The molecule has 18 heavy (non-hydrogen) atoms. The molecule has 2 aliphatic carbocycles. The van der Waals surface area contributed by atoms with Crippen molar-refractivity contribution in [2.45, 2.75) is 63.5 Å². The number of nitrogens with one attached hydrogen (secondary N) is 1. The maximum atomic E-state index is 9.36. The smallest absolute Gasteiger partial charge is 0.0585 e. The zero-order valence-electron chi connectivity index (χ0n) is 11.9. The summed E-state index contributed by atoms with van der Waals surface area (Å²) in [6.07, 6.45) is 10.8. The normalized spacial score (nSPS) is 23.5. The van der Waals surface area contributed by atoms with Crippen LogP contribution in [0.2, 0.25) is 0 Å². The molecule has 2 rings (SSSR count). The molecule has 0 radical (unpaired) electrons. The molecule has 0 aromatic carbocycles. The minimum atomic E-state index is 0.285. The Morgan fingerprint density at radius 3 is 2.50 bits per heavy atom. The monoisotopic (exact) mass is 254 g/mol. The van der Waals surface area contributed by atoms with Crippen molar-refractivity contribution in [3.63, 3.8) is 0 Å². The van der Waals surface area contributed by atoms with E-state index in [9.17, 15) is 5.11 Å². The summed E-state index contributed by atoms with van der Waals surface area (Å²) in [5.41, 5.74) is 0. The predicted molar refractivity (Wildman–Crippen MR) is 75.7 cm³/mol.